The summed E-state index contributed by atoms with van der Waals surface area (Å²) in [5, 5.41) is 7.01. The molecule has 3 rings (SSSR count). The Morgan fingerprint density at radius 1 is 1.22 bits per heavy atom. The van der Waals surface area contributed by atoms with E-state index in [0.29, 0.717) is 11.8 Å². The summed E-state index contributed by atoms with van der Waals surface area (Å²) in [6, 6.07) is 0. The molecule has 5 nitrogen and oxygen atoms in total. The van der Waals surface area contributed by atoms with Gasteiger partial charge in [-0.05, 0) is 32.7 Å². The molecule has 1 aromatic heterocycles. The molecule has 0 aromatic carbocycles. The summed E-state index contributed by atoms with van der Waals surface area (Å²) in [5.41, 5.74) is 2.46. The molecule has 0 spiro atoms. The number of aryl methyl sites for hydroxylation is 2. The molecule has 2 aliphatic heterocycles. The lowest BCUT2D eigenvalue weighted by atomic mass is 10.0. The number of carbonyl (C=O) groups is 1. The highest BCUT2D eigenvalue weighted by Crippen LogP contribution is 2.31. The number of H-pyrrole nitrogens is 1. The second kappa shape index (κ2) is 4.09. The lowest BCUT2D eigenvalue weighted by molar-refractivity contribution is 0.0774. The van der Waals surface area contributed by atoms with Crippen LogP contribution in [-0.4, -0.2) is 59.1 Å². The van der Waals surface area contributed by atoms with Crippen LogP contribution in [0.1, 0.15) is 21.7 Å². The second-order valence-electron chi connectivity index (χ2n) is 5.76. The molecule has 5 heteroatoms. The quantitative estimate of drug-likeness (QED) is 0.794. The van der Waals surface area contributed by atoms with Crippen molar-refractivity contribution in [3.05, 3.63) is 17.0 Å². The van der Waals surface area contributed by atoms with Crippen molar-refractivity contribution in [3.8, 4) is 0 Å². The van der Waals surface area contributed by atoms with E-state index in [4.69, 9.17) is 0 Å². The Morgan fingerprint density at radius 3 is 2.33 bits per heavy atom. The van der Waals surface area contributed by atoms with Crippen LogP contribution in [0.4, 0.5) is 0 Å². The second-order valence-corrected chi connectivity index (χ2v) is 5.76. The molecule has 2 fully saturated rings. The van der Waals surface area contributed by atoms with Crippen molar-refractivity contribution in [2.45, 2.75) is 13.8 Å². The number of aromatic nitrogens is 2. The highest BCUT2D eigenvalue weighted by molar-refractivity contribution is 5.96. The van der Waals surface area contributed by atoms with E-state index in [-0.39, 0.29) is 5.91 Å². The van der Waals surface area contributed by atoms with Gasteiger partial charge in [0.15, 0.2) is 0 Å². The van der Waals surface area contributed by atoms with Gasteiger partial charge in [0.1, 0.15) is 0 Å². The van der Waals surface area contributed by atoms with E-state index in [1.807, 2.05) is 18.7 Å². The molecule has 1 aromatic rings. The van der Waals surface area contributed by atoms with E-state index in [9.17, 15) is 4.79 Å². The molecule has 3 heterocycles. The number of hydrogen-bond donors (Lipinski definition) is 1. The molecule has 18 heavy (non-hydrogen) atoms. The molecule has 2 aliphatic rings. The van der Waals surface area contributed by atoms with Crippen molar-refractivity contribution >= 4 is 5.91 Å². The normalized spacial score (nSPS) is 27.8. The van der Waals surface area contributed by atoms with Gasteiger partial charge in [-0.2, -0.15) is 5.10 Å². The first-order valence-corrected chi connectivity index (χ1v) is 6.55. The number of nitrogens with zero attached hydrogens (tertiary/aromatic N) is 3. The minimum absolute atomic E-state index is 0.149. The number of nitrogens with one attached hydrogen (secondary N) is 1. The van der Waals surface area contributed by atoms with Crippen molar-refractivity contribution in [2.75, 3.05) is 33.2 Å². The Kier molecular flexibility index (Phi) is 2.66. The Morgan fingerprint density at radius 2 is 1.83 bits per heavy atom. The molecule has 2 atom stereocenters. The Labute approximate surface area is 107 Å². The highest BCUT2D eigenvalue weighted by Gasteiger charge is 2.41. The molecule has 2 saturated heterocycles. The van der Waals surface area contributed by atoms with Crippen molar-refractivity contribution < 1.29 is 4.79 Å². The third kappa shape index (κ3) is 1.73. The molecule has 1 N–H and O–H groups in total. The minimum Gasteiger partial charge on any atom is -0.338 e. The van der Waals surface area contributed by atoms with Gasteiger partial charge in [0.2, 0.25) is 0 Å². The zero-order valence-electron chi connectivity index (χ0n) is 11.2. The summed E-state index contributed by atoms with van der Waals surface area (Å²) in [6.45, 7) is 7.85. The summed E-state index contributed by atoms with van der Waals surface area (Å²) in [7, 11) is 2.16. The van der Waals surface area contributed by atoms with E-state index < -0.39 is 0 Å². The van der Waals surface area contributed by atoms with Crippen molar-refractivity contribution in [1.82, 2.24) is 20.0 Å². The average Bonchev–Trinajstić information content (AvgIpc) is 2.91. The third-order valence-corrected chi connectivity index (χ3v) is 4.30. The highest BCUT2D eigenvalue weighted by atomic mass is 16.2. The maximum absolute atomic E-state index is 12.5. The smallest absolute Gasteiger partial charge is 0.257 e. The zero-order chi connectivity index (χ0) is 12.9. The van der Waals surface area contributed by atoms with Crippen LogP contribution in [0, 0.1) is 25.7 Å². The molecular weight excluding hydrogens is 228 g/mol. The van der Waals surface area contributed by atoms with Gasteiger partial charge in [-0.1, -0.05) is 0 Å². The number of aromatic amines is 1. The van der Waals surface area contributed by atoms with Gasteiger partial charge < -0.3 is 9.80 Å². The van der Waals surface area contributed by atoms with Crippen LogP contribution in [-0.2, 0) is 0 Å². The summed E-state index contributed by atoms with van der Waals surface area (Å²) in [4.78, 5) is 16.9. The van der Waals surface area contributed by atoms with Gasteiger partial charge in [0.25, 0.3) is 5.91 Å². The predicted octanol–water partition coefficient (Wildman–Crippen LogP) is 0.660. The van der Waals surface area contributed by atoms with Crippen LogP contribution < -0.4 is 0 Å². The van der Waals surface area contributed by atoms with Crippen molar-refractivity contribution in [1.29, 1.82) is 0 Å². The standard InChI is InChI=1S/C13H20N4O/c1-8-12(9(2)15-14-8)13(18)17-6-10-4-16(3)5-11(10)7-17/h10-11H,4-7H2,1-3H3,(H,14,15). The first-order valence-electron chi connectivity index (χ1n) is 6.55. The van der Waals surface area contributed by atoms with Crippen LogP contribution >= 0.6 is 0 Å². The van der Waals surface area contributed by atoms with Crippen molar-refractivity contribution in [2.24, 2.45) is 11.8 Å². The van der Waals surface area contributed by atoms with E-state index >= 15 is 0 Å². The van der Waals surface area contributed by atoms with E-state index in [0.717, 1.165) is 43.1 Å². The number of likely N-dealkylation sites (tertiary alicyclic amines) is 2. The lowest BCUT2D eigenvalue weighted by Crippen LogP contribution is -2.32. The molecule has 1 amide bonds. The molecule has 2 unspecified atom stereocenters. The number of amides is 1. The zero-order valence-corrected chi connectivity index (χ0v) is 11.2. The van der Waals surface area contributed by atoms with Gasteiger partial charge in [-0.3, -0.25) is 9.89 Å². The maximum atomic E-state index is 12.5. The number of fused-ring (bicyclic) bond motifs is 1. The van der Waals surface area contributed by atoms with Gasteiger partial charge >= 0.3 is 0 Å². The van der Waals surface area contributed by atoms with Crippen LogP contribution in [0.5, 0.6) is 0 Å². The Bertz CT molecular complexity index is 448. The minimum atomic E-state index is 0.149. The molecule has 0 bridgehead atoms. The van der Waals surface area contributed by atoms with Crippen LogP contribution in [0.3, 0.4) is 0 Å². The number of rotatable bonds is 1. The van der Waals surface area contributed by atoms with Crippen molar-refractivity contribution in [3.63, 3.8) is 0 Å². The molecule has 0 aliphatic carbocycles. The molecular formula is C13H20N4O. The number of carbonyl (C=O) groups excluding carboxylic acids is 1. The van der Waals surface area contributed by atoms with E-state index in [1.54, 1.807) is 0 Å². The predicted molar refractivity (Wildman–Crippen MR) is 68.4 cm³/mol. The molecule has 0 saturated carbocycles. The lowest BCUT2D eigenvalue weighted by Gasteiger charge is -2.19. The first kappa shape index (κ1) is 11.7. The topological polar surface area (TPSA) is 52.2 Å². The van der Waals surface area contributed by atoms with Gasteiger partial charge in [-0.15, -0.1) is 0 Å². The summed E-state index contributed by atoms with van der Waals surface area (Å²) in [5.74, 6) is 1.47. The summed E-state index contributed by atoms with van der Waals surface area (Å²) in [6.07, 6.45) is 0. The third-order valence-electron chi connectivity index (χ3n) is 4.30. The fourth-order valence-corrected chi connectivity index (χ4v) is 3.42. The average molecular weight is 248 g/mol. The monoisotopic (exact) mass is 248 g/mol. The van der Waals surface area contributed by atoms with E-state index in [1.165, 1.54) is 0 Å². The Hall–Kier alpha value is -1.36. The fraction of sp³-hybridized carbons (Fsp3) is 0.692. The fourth-order valence-electron chi connectivity index (χ4n) is 3.42. The maximum Gasteiger partial charge on any atom is 0.257 e. The van der Waals surface area contributed by atoms with Crippen LogP contribution in [0.15, 0.2) is 0 Å². The summed E-state index contributed by atoms with van der Waals surface area (Å²) >= 11 is 0. The van der Waals surface area contributed by atoms with Gasteiger partial charge in [0, 0.05) is 31.9 Å². The van der Waals surface area contributed by atoms with Gasteiger partial charge in [-0.25, -0.2) is 0 Å². The first-order chi connectivity index (χ1) is 8.56. The van der Waals surface area contributed by atoms with E-state index in [2.05, 4.69) is 22.1 Å². The summed E-state index contributed by atoms with van der Waals surface area (Å²) < 4.78 is 0. The largest absolute Gasteiger partial charge is 0.338 e. The number of hydrogen-bond acceptors (Lipinski definition) is 3. The van der Waals surface area contributed by atoms with Crippen LogP contribution in [0.25, 0.3) is 0 Å². The molecule has 0 radical (unpaired) electrons. The van der Waals surface area contributed by atoms with Gasteiger partial charge in [0.05, 0.1) is 11.3 Å². The molecule has 98 valence electrons. The van der Waals surface area contributed by atoms with Crippen LogP contribution in [0.2, 0.25) is 0 Å². The Balaban J connectivity index is 1.76. The SMILES string of the molecule is Cc1n[nH]c(C)c1C(=O)N1CC2CN(C)CC2C1.